The highest BCUT2D eigenvalue weighted by atomic mass is 19.4. The zero-order valence-electron chi connectivity index (χ0n) is 13.4. The number of piperidine rings is 1. The Hall–Kier alpha value is -1.72. The van der Waals surface area contributed by atoms with Gasteiger partial charge >= 0.3 is 6.18 Å². The first-order valence-corrected chi connectivity index (χ1v) is 7.88. The molecule has 0 bridgehead atoms. The summed E-state index contributed by atoms with van der Waals surface area (Å²) in [5.41, 5.74) is -1.46. The SMILES string of the molecule is CC(C)CC1CCCN(C(=O)c2cc(O)ccc2C(F)(F)F)C1. The van der Waals surface area contributed by atoms with Crippen LogP contribution in [0.25, 0.3) is 0 Å². The standard InChI is InChI=1S/C17H22F3NO2/c1-11(2)8-12-4-3-7-21(10-12)16(23)14-9-13(22)5-6-15(14)17(18,19)20/h5-6,9,11-12,22H,3-4,7-8,10H2,1-2H3. The number of carbonyl (C=O) groups is 1. The van der Waals surface area contributed by atoms with Crippen LogP contribution in [0.4, 0.5) is 13.2 Å². The highest BCUT2D eigenvalue weighted by Gasteiger charge is 2.37. The third kappa shape index (κ3) is 4.39. The predicted octanol–water partition coefficient (Wildman–Crippen LogP) is 4.31. The van der Waals surface area contributed by atoms with Gasteiger partial charge in [-0.3, -0.25) is 4.79 Å². The Bertz CT molecular complexity index is 569. The number of carbonyl (C=O) groups excluding carboxylic acids is 1. The maximum Gasteiger partial charge on any atom is 0.417 e. The van der Waals surface area contributed by atoms with E-state index in [1.165, 1.54) is 4.90 Å². The van der Waals surface area contributed by atoms with E-state index in [4.69, 9.17) is 0 Å². The van der Waals surface area contributed by atoms with Gasteiger partial charge in [0, 0.05) is 13.1 Å². The molecule has 0 saturated carbocycles. The quantitative estimate of drug-likeness (QED) is 0.898. The summed E-state index contributed by atoms with van der Waals surface area (Å²) < 4.78 is 39.3. The van der Waals surface area contributed by atoms with E-state index < -0.39 is 23.2 Å². The number of amides is 1. The van der Waals surface area contributed by atoms with E-state index in [1.54, 1.807) is 0 Å². The van der Waals surface area contributed by atoms with Gasteiger partial charge in [-0.25, -0.2) is 0 Å². The smallest absolute Gasteiger partial charge is 0.417 e. The van der Waals surface area contributed by atoms with Crippen molar-refractivity contribution in [2.24, 2.45) is 11.8 Å². The molecule has 128 valence electrons. The number of hydrogen-bond donors (Lipinski definition) is 1. The number of phenols is 1. The fourth-order valence-electron chi connectivity index (χ4n) is 3.24. The molecular formula is C17H22F3NO2. The van der Waals surface area contributed by atoms with Crippen molar-refractivity contribution in [2.75, 3.05) is 13.1 Å². The number of aromatic hydroxyl groups is 1. The number of benzene rings is 1. The largest absolute Gasteiger partial charge is 0.508 e. The third-order valence-corrected chi connectivity index (χ3v) is 4.15. The van der Waals surface area contributed by atoms with Crippen LogP contribution in [0.2, 0.25) is 0 Å². The molecule has 1 aromatic carbocycles. The fourth-order valence-corrected chi connectivity index (χ4v) is 3.24. The molecule has 1 heterocycles. The molecule has 6 heteroatoms. The van der Waals surface area contributed by atoms with Gasteiger partial charge in [-0.05, 0) is 49.3 Å². The van der Waals surface area contributed by atoms with Crippen LogP contribution >= 0.6 is 0 Å². The topological polar surface area (TPSA) is 40.5 Å². The molecule has 1 aromatic rings. The molecule has 1 unspecified atom stereocenters. The summed E-state index contributed by atoms with van der Waals surface area (Å²) in [7, 11) is 0. The van der Waals surface area contributed by atoms with Crippen molar-refractivity contribution in [1.29, 1.82) is 0 Å². The monoisotopic (exact) mass is 329 g/mol. The molecule has 0 spiro atoms. The molecule has 1 aliphatic rings. The number of rotatable bonds is 3. The second kappa shape index (κ2) is 6.81. The van der Waals surface area contributed by atoms with Crippen molar-refractivity contribution in [3.63, 3.8) is 0 Å². The normalized spacial score (nSPS) is 19.2. The summed E-state index contributed by atoms with van der Waals surface area (Å²) in [6.45, 7) is 5.12. The van der Waals surface area contributed by atoms with Crippen LogP contribution < -0.4 is 0 Å². The molecule has 0 aliphatic carbocycles. The third-order valence-electron chi connectivity index (χ3n) is 4.15. The van der Waals surface area contributed by atoms with Gasteiger partial charge in [0.25, 0.3) is 5.91 Å². The molecule has 1 fully saturated rings. The summed E-state index contributed by atoms with van der Waals surface area (Å²) in [6.07, 6.45) is -1.88. The van der Waals surface area contributed by atoms with Crippen molar-refractivity contribution in [3.8, 4) is 5.75 Å². The van der Waals surface area contributed by atoms with E-state index in [9.17, 15) is 23.1 Å². The van der Waals surface area contributed by atoms with Gasteiger partial charge < -0.3 is 10.0 Å². The number of likely N-dealkylation sites (tertiary alicyclic amines) is 1. The Labute approximate surface area is 134 Å². The average Bonchev–Trinajstić information content (AvgIpc) is 2.44. The minimum Gasteiger partial charge on any atom is -0.508 e. The number of phenolic OH excluding ortho intramolecular Hbond substituents is 1. The maximum absolute atomic E-state index is 13.1. The number of alkyl halides is 3. The summed E-state index contributed by atoms with van der Waals surface area (Å²) in [5.74, 6) is -0.181. The van der Waals surface area contributed by atoms with Crippen LogP contribution in [0.15, 0.2) is 18.2 Å². The lowest BCUT2D eigenvalue weighted by Crippen LogP contribution is -2.41. The summed E-state index contributed by atoms with van der Waals surface area (Å²) in [6, 6.07) is 2.63. The van der Waals surface area contributed by atoms with Crippen LogP contribution in [0.3, 0.4) is 0 Å². The van der Waals surface area contributed by atoms with E-state index in [2.05, 4.69) is 13.8 Å². The lowest BCUT2D eigenvalue weighted by Gasteiger charge is -2.34. The first-order valence-electron chi connectivity index (χ1n) is 7.88. The minimum absolute atomic E-state index is 0.319. The van der Waals surface area contributed by atoms with E-state index in [0.717, 1.165) is 37.5 Å². The summed E-state index contributed by atoms with van der Waals surface area (Å²) >= 11 is 0. The highest BCUT2D eigenvalue weighted by molar-refractivity contribution is 5.96. The van der Waals surface area contributed by atoms with Crippen molar-refractivity contribution in [2.45, 2.75) is 39.3 Å². The van der Waals surface area contributed by atoms with Crippen molar-refractivity contribution < 1.29 is 23.1 Å². The van der Waals surface area contributed by atoms with Crippen molar-refractivity contribution in [1.82, 2.24) is 4.90 Å². The lowest BCUT2D eigenvalue weighted by atomic mass is 9.89. The first-order chi connectivity index (χ1) is 10.7. The van der Waals surface area contributed by atoms with Crippen LogP contribution in [0.5, 0.6) is 5.75 Å². The summed E-state index contributed by atoms with van der Waals surface area (Å²) in [5, 5.41) is 9.48. The Balaban J connectivity index is 2.24. The molecule has 3 nitrogen and oxygen atoms in total. The molecular weight excluding hydrogens is 307 g/mol. The molecule has 2 rings (SSSR count). The second-order valence-electron chi connectivity index (χ2n) is 6.62. The van der Waals surface area contributed by atoms with Gasteiger partial charge in [0.2, 0.25) is 0 Å². The van der Waals surface area contributed by atoms with Gasteiger partial charge in [0.05, 0.1) is 11.1 Å². The fraction of sp³-hybridized carbons (Fsp3) is 0.588. The van der Waals surface area contributed by atoms with Gasteiger partial charge in [-0.1, -0.05) is 13.8 Å². The van der Waals surface area contributed by atoms with Crippen LogP contribution in [0.1, 0.15) is 49.0 Å². The average molecular weight is 329 g/mol. The molecule has 1 atom stereocenters. The van der Waals surface area contributed by atoms with Crippen LogP contribution in [-0.4, -0.2) is 29.0 Å². The Kier molecular flexibility index (Phi) is 5.22. The van der Waals surface area contributed by atoms with Gasteiger partial charge in [-0.15, -0.1) is 0 Å². The molecule has 1 amide bonds. The van der Waals surface area contributed by atoms with Crippen molar-refractivity contribution >= 4 is 5.91 Å². The molecule has 1 saturated heterocycles. The van der Waals surface area contributed by atoms with E-state index in [0.29, 0.717) is 24.9 Å². The van der Waals surface area contributed by atoms with Crippen LogP contribution in [0, 0.1) is 11.8 Å². The van der Waals surface area contributed by atoms with Gasteiger partial charge in [0.15, 0.2) is 0 Å². The molecule has 0 aromatic heterocycles. The highest BCUT2D eigenvalue weighted by Crippen LogP contribution is 2.35. The number of hydrogen-bond acceptors (Lipinski definition) is 2. The predicted molar refractivity (Wildman–Crippen MR) is 81.2 cm³/mol. The minimum atomic E-state index is -4.62. The summed E-state index contributed by atoms with van der Waals surface area (Å²) in [4.78, 5) is 14.1. The molecule has 23 heavy (non-hydrogen) atoms. The van der Waals surface area contributed by atoms with E-state index >= 15 is 0 Å². The Morgan fingerprint density at radius 3 is 2.70 bits per heavy atom. The Morgan fingerprint density at radius 1 is 1.39 bits per heavy atom. The van der Waals surface area contributed by atoms with Crippen molar-refractivity contribution in [3.05, 3.63) is 29.3 Å². The van der Waals surface area contributed by atoms with Gasteiger partial charge in [0.1, 0.15) is 5.75 Å². The Morgan fingerprint density at radius 2 is 2.09 bits per heavy atom. The zero-order chi connectivity index (χ0) is 17.2. The first kappa shape index (κ1) is 17.6. The number of nitrogens with zero attached hydrogens (tertiary/aromatic N) is 1. The molecule has 1 aliphatic heterocycles. The van der Waals surface area contributed by atoms with E-state index in [1.807, 2.05) is 0 Å². The maximum atomic E-state index is 13.1. The second-order valence-corrected chi connectivity index (χ2v) is 6.62. The van der Waals surface area contributed by atoms with E-state index in [-0.39, 0.29) is 5.75 Å². The van der Waals surface area contributed by atoms with Crippen LogP contribution in [-0.2, 0) is 6.18 Å². The number of halogens is 3. The van der Waals surface area contributed by atoms with Gasteiger partial charge in [-0.2, -0.15) is 13.2 Å². The zero-order valence-corrected chi connectivity index (χ0v) is 13.4. The lowest BCUT2D eigenvalue weighted by molar-refractivity contribution is -0.138. The molecule has 1 N–H and O–H groups in total. The molecule has 0 radical (unpaired) electrons.